The molecule has 0 bridgehead atoms. The van der Waals surface area contributed by atoms with Gasteiger partial charge in [0.1, 0.15) is 17.4 Å². The van der Waals surface area contributed by atoms with Crippen molar-refractivity contribution in [1.82, 2.24) is 0 Å². The molecular weight excluding hydrogens is 306 g/mol. The van der Waals surface area contributed by atoms with Crippen LogP contribution in [-0.4, -0.2) is 12.9 Å². The second-order valence-corrected chi connectivity index (χ2v) is 5.90. The number of Topliss-reactive ketones (excluding diaryl/α,β-unsaturated/α-hetero) is 1. The monoisotopic (exact) mass is 319 g/mol. The second-order valence-electron chi connectivity index (χ2n) is 4.95. The summed E-state index contributed by atoms with van der Waals surface area (Å²) >= 11 is 1.34. The first kappa shape index (κ1) is 15.0. The van der Waals surface area contributed by atoms with Crippen LogP contribution in [-0.2, 0) is 0 Å². The lowest BCUT2D eigenvalue weighted by molar-refractivity contribution is 0.104. The number of ketones is 1. The average molecular weight is 319 g/mol. The first-order chi connectivity index (χ1) is 11.2. The van der Waals surface area contributed by atoms with Gasteiger partial charge in [-0.25, -0.2) is 0 Å². The number of thiophene rings is 1. The summed E-state index contributed by atoms with van der Waals surface area (Å²) in [5, 5.41) is 13.2. The van der Waals surface area contributed by atoms with E-state index in [-0.39, 0.29) is 11.4 Å². The minimum Gasteiger partial charge on any atom is -0.497 e. The number of fused-ring (bicyclic) bond motifs is 1. The molecule has 0 aliphatic carbocycles. The first-order valence-corrected chi connectivity index (χ1v) is 7.87. The number of hydrogen-bond acceptors (Lipinski definition) is 4. The van der Waals surface area contributed by atoms with Gasteiger partial charge in [-0.15, -0.1) is 11.3 Å². The molecule has 0 spiro atoms. The Morgan fingerprint density at radius 2 is 1.96 bits per heavy atom. The number of nitriles is 1. The lowest BCUT2D eigenvalue weighted by atomic mass is 10.0. The molecule has 0 amide bonds. The van der Waals surface area contributed by atoms with Gasteiger partial charge in [0.2, 0.25) is 5.78 Å². The molecule has 0 radical (unpaired) electrons. The molecule has 0 unspecified atom stereocenters. The Kier molecular flexibility index (Phi) is 4.22. The summed E-state index contributed by atoms with van der Waals surface area (Å²) in [4.78, 5) is 12.9. The smallest absolute Gasteiger partial charge is 0.213 e. The Labute approximate surface area is 138 Å². The van der Waals surface area contributed by atoms with Gasteiger partial charge in [0.05, 0.1) is 12.0 Å². The van der Waals surface area contributed by atoms with Gasteiger partial charge in [-0.1, -0.05) is 24.3 Å². The number of methoxy groups -OCH3 is 1. The van der Waals surface area contributed by atoms with E-state index in [1.54, 1.807) is 25.3 Å². The molecule has 0 atom stereocenters. The Bertz CT molecular complexity index is 934. The van der Waals surface area contributed by atoms with Gasteiger partial charge in [0.25, 0.3) is 0 Å². The highest BCUT2D eigenvalue weighted by Crippen LogP contribution is 2.23. The minimum atomic E-state index is -0.239. The van der Waals surface area contributed by atoms with Crippen molar-refractivity contribution in [2.24, 2.45) is 0 Å². The molecule has 3 aromatic rings. The highest BCUT2D eigenvalue weighted by Gasteiger charge is 2.13. The predicted molar refractivity (Wildman–Crippen MR) is 92.7 cm³/mol. The van der Waals surface area contributed by atoms with Crippen LogP contribution in [0.3, 0.4) is 0 Å². The summed E-state index contributed by atoms with van der Waals surface area (Å²) in [5.74, 6) is 0.559. The first-order valence-electron chi connectivity index (χ1n) is 6.99. The molecule has 0 N–H and O–H groups in total. The number of hydrogen-bond donors (Lipinski definition) is 0. The quantitative estimate of drug-likeness (QED) is 0.398. The topological polar surface area (TPSA) is 50.1 Å². The summed E-state index contributed by atoms with van der Waals surface area (Å²) in [7, 11) is 1.63. The van der Waals surface area contributed by atoms with E-state index < -0.39 is 0 Å². The molecule has 0 aliphatic heterocycles. The number of allylic oxidation sites excluding steroid dienone is 1. The van der Waals surface area contributed by atoms with Crippen LogP contribution in [0.25, 0.3) is 16.8 Å². The second kappa shape index (κ2) is 6.47. The van der Waals surface area contributed by atoms with Crippen molar-refractivity contribution in [2.75, 3.05) is 7.11 Å². The van der Waals surface area contributed by atoms with Gasteiger partial charge in [0.15, 0.2) is 0 Å². The normalized spacial score (nSPS) is 11.2. The van der Waals surface area contributed by atoms with Crippen LogP contribution in [0.1, 0.15) is 15.2 Å². The third kappa shape index (κ3) is 3.15. The minimum absolute atomic E-state index is 0.139. The average Bonchev–Trinajstić information content (AvgIpc) is 3.13. The molecule has 0 saturated carbocycles. The van der Waals surface area contributed by atoms with Gasteiger partial charge in [-0.05, 0) is 52.1 Å². The van der Waals surface area contributed by atoms with Gasteiger partial charge in [-0.2, -0.15) is 5.26 Å². The van der Waals surface area contributed by atoms with Crippen molar-refractivity contribution in [3.05, 3.63) is 69.9 Å². The number of nitrogens with zero attached hydrogens (tertiary/aromatic N) is 1. The van der Waals surface area contributed by atoms with E-state index in [1.807, 2.05) is 47.8 Å². The molecule has 0 saturated heterocycles. The Hall–Kier alpha value is -2.90. The van der Waals surface area contributed by atoms with E-state index in [2.05, 4.69) is 0 Å². The highest BCUT2D eigenvalue weighted by molar-refractivity contribution is 7.12. The summed E-state index contributed by atoms with van der Waals surface area (Å²) in [5.41, 5.74) is 0.962. The van der Waals surface area contributed by atoms with Crippen molar-refractivity contribution in [2.45, 2.75) is 0 Å². The zero-order valence-corrected chi connectivity index (χ0v) is 13.3. The maximum absolute atomic E-state index is 12.3. The van der Waals surface area contributed by atoms with Crippen LogP contribution < -0.4 is 4.74 Å². The van der Waals surface area contributed by atoms with Crippen LogP contribution >= 0.6 is 11.3 Å². The summed E-state index contributed by atoms with van der Waals surface area (Å²) in [6.45, 7) is 0. The van der Waals surface area contributed by atoms with E-state index >= 15 is 0 Å². The van der Waals surface area contributed by atoms with Crippen LogP contribution in [0.4, 0.5) is 0 Å². The molecule has 3 nitrogen and oxygen atoms in total. The molecule has 3 rings (SSSR count). The predicted octanol–water partition coefficient (Wildman–Crippen LogP) is 4.70. The van der Waals surface area contributed by atoms with Crippen LogP contribution in [0.15, 0.2) is 59.5 Å². The van der Waals surface area contributed by atoms with E-state index in [0.717, 1.165) is 22.1 Å². The third-order valence-corrected chi connectivity index (χ3v) is 4.36. The van der Waals surface area contributed by atoms with Crippen LogP contribution in [0.2, 0.25) is 0 Å². The van der Waals surface area contributed by atoms with E-state index in [1.165, 1.54) is 11.3 Å². The fourth-order valence-corrected chi connectivity index (χ4v) is 2.99. The lowest BCUT2D eigenvalue weighted by Gasteiger charge is -2.04. The summed E-state index contributed by atoms with van der Waals surface area (Å²) in [6.07, 6.45) is 1.63. The van der Waals surface area contributed by atoms with Crippen molar-refractivity contribution in [3.8, 4) is 11.8 Å². The van der Waals surface area contributed by atoms with Gasteiger partial charge < -0.3 is 4.74 Å². The molecule has 1 heterocycles. The number of benzene rings is 2. The number of carbonyl (C=O) groups excluding carboxylic acids is 1. The maximum Gasteiger partial charge on any atom is 0.213 e. The van der Waals surface area contributed by atoms with Crippen LogP contribution in [0, 0.1) is 11.3 Å². The number of rotatable bonds is 4. The van der Waals surface area contributed by atoms with E-state index in [4.69, 9.17) is 4.74 Å². The molecule has 112 valence electrons. The SMILES string of the molecule is COc1ccc2cc(/C=C(\C#N)C(=O)c3cccs3)ccc2c1. The molecule has 4 heteroatoms. The Morgan fingerprint density at radius 1 is 1.17 bits per heavy atom. The molecule has 23 heavy (non-hydrogen) atoms. The van der Waals surface area contributed by atoms with Crippen molar-refractivity contribution < 1.29 is 9.53 Å². The Morgan fingerprint density at radius 3 is 2.65 bits per heavy atom. The molecule has 2 aromatic carbocycles. The molecular formula is C19H13NO2S. The third-order valence-electron chi connectivity index (χ3n) is 3.49. The van der Waals surface area contributed by atoms with Gasteiger partial charge in [-0.3, -0.25) is 4.79 Å². The maximum atomic E-state index is 12.3. The standard InChI is InChI=1S/C19H13NO2S/c1-22-17-7-6-14-9-13(4-5-15(14)11-17)10-16(12-20)19(21)18-3-2-8-23-18/h2-11H,1H3/b16-10+. The zero-order chi connectivity index (χ0) is 16.2. The van der Waals surface area contributed by atoms with Crippen molar-refractivity contribution >= 4 is 34.0 Å². The van der Waals surface area contributed by atoms with E-state index in [9.17, 15) is 10.1 Å². The summed E-state index contributed by atoms with van der Waals surface area (Å²) < 4.78 is 5.21. The zero-order valence-electron chi connectivity index (χ0n) is 12.4. The van der Waals surface area contributed by atoms with Crippen molar-refractivity contribution in [1.29, 1.82) is 5.26 Å². The van der Waals surface area contributed by atoms with E-state index in [0.29, 0.717) is 4.88 Å². The van der Waals surface area contributed by atoms with Crippen LogP contribution in [0.5, 0.6) is 5.75 Å². The fourth-order valence-electron chi connectivity index (χ4n) is 2.31. The number of ether oxygens (including phenoxy) is 1. The lowest BCUT2D eigenvalue weighted by Crippen LogP contribution is -1.98. The molecule has 1 aromatic heterocycles. The Balaban J connectivity index is 1.98. The summed E-state index contributed by atoms with van der Waals surface area (Å²) in [6, 6.07) is 17.1. The number of carbonyl (C=O) groups is 1. The molecule has 0 fully saturated rings. The largest absolute Gasteiger partial charge is 0.497 e. The van der Waals surface area contributed by atoms with Gasteiger partial charge in [0, 0.05) is 0 Å². The molecule has 0 aliphatic rings. The van der Waals surface area contributed by atoms with Crippen molar-refractivity contribution in [3.63, 3.8) is 0 Å². The highest BCUT2D eigenvalue weighted by atomic mass is 32.1. The van der Waals surface area contributed by atoms with Gasteiger partial charge >= 0.3 is 0 Å². The fraction of sp³-hybridized carbons (Fsp3) is 0.0526.